The molecule has 0 amide bonds. The van der Waals surface area contributed by atoms with Crippen LogP contribution >= 0.6 is 10.7 Å². The summed E-state index contributed by atoms with van der Waals surface area (Å²) in [6.07, 6.45) is 0. The molecule has 0 saturated carbocycles. The van der Waals surface area contributed by atoms with Crippen molar-refractivity contribution < 1.29 is 13.2 Å². The van der Waals surface area contributed by atoms with Gasteiger partial charge in [-0.05, 0) is 29.7 Å². The smallest absolute Gasteiger partial charge is 0.262 e. The maximum Gasteiger partial charge on any atom is 0.262 e. The molecule has 7 heteroatoms. The maximum atomic E-state index is 11.8. The third-order valence-electron chi connectivity index (χ3n) is 3.43. The molecule has 0 fully saturated rings. The standard InChI is InChI=1S/C17H13ClN2O3S/c1-23-16-9-5-4-8-15(16)20-19-13-10-12-6-2-3-7-14(12)17(11-13)24(18,21)22/h2-11H,1H3. The number of para-hydroxylation sites is 1. The molecule has 3 aromatic rings. The van der Waals surface area contributed by atoms with Crippen LogP contribution < -0.4 is 4.74 Å². The van der Waals surface area contributed by atoms with Crippen molar-refractivity contribution in [3.05, 3.63) is 60.7 Å². The Labute approximate surface area is 144 Å². The molecule has 3 rings (SSSR count). The van der Waals surface area contributed by atoms with E-state index < -0.39 is 9.05 Å². The molecule has 0 N–H and O–H groups in total. The van der Waals surface area contributed by atoms with Crippen molar-refractivity contribution >= 4 is 41.9 Å². The molecule has 3 aromatic carbocycles. The van der Waals surface area contributed by atoms with Gasteiger partial charge in [0.2, 0.25) is 0 Å². The van der Waals surface area contributed by atoms with Gasteiger partial charge in [0.1, 0.15) is 11.4 Å². The van der Waals surface area contributed by atoms with Gasteiger partial charge < -0.3 is 4.74 Å². The predicted octanol–water partition coefficient (Wildman–Crippen LogP) is 5.19. The fourth-order valence-corrected chi connectivity index (χ4v) is 3.44. The van der Waals surface area contributed by atoms with E-state index in [0.29, 0.717) is 27.9 Å². The van der Waals surface area contributed by atoms with Crippen molar-refractivity contribution in [3.63, 3.8) is 0 Å². The molecule has 0 aliphatic rings. The quantitative estimate of drug-likeness (QED) is 0.474. The first-order valence-corrected chi connectivity index (χ1v) is 9.32. The molecule has 0 heterocycles. The second-order valence-corrected chi connectivity index (χ2v) is 7.51. The van der Waals surface area contributed by atoms with Crippen molar-refractivity contribution in [1.29, 1.82) is 0 Å². The molecule has 24 heavy (non-hydrogen) atoms. The van der Waals surface area contributed by atoms with Gasteiger partial charge in [-0.15, -0.1) is 5.11 Å². The zero-order valence-electron chi connectivity index (χ0n) is 12.7. The molecule has 122 valence electrons. The fourth-order valence-electron chi connectivity index (χ4n) is 2.34. The van der Waals surface area contributed by atoms with Crippen molar-refractivity contribution in [2.24, 2.45) is 10.2 Å². The van der Waals surface area contributed by atoms with Crippen LogP contribution in [0.2, 0.25) is 0 Å². The Hall–Kier alpha value is -2.44. The second-order valence-electron chi connectivity index (χ2n) is 4.97. The van der Waals surface area contributed by atoms with E-state index in [0.717, 1.165) is 0 Å². The third kappa shape index (κ3) is 3.39. The van der Waals surface area contributed by atoms with E-state index in [1.165, 1.54) is 6.07 Å². The number of halogens is 1. The number of ether oxygens (including phenoxy) is 1. The van der Waals surface area contributed by atoms with E-state index in [1.54, 1.807) is 43.5 Å². The lowest BCUT2D eigenvalue weighted by atomic mass is 10.1. The normalized spacial score (nSPS) is 11.9. The summed E-state index contributed by atoms with van der Waals surface area (Å²) in [6.45, 7) is 0. The summed E-state index contributed by atoms with van der Waals surface area (Å²) in [6, 6.07) is 17.4. The number of hydrogen-bond acceptors (Lipinski definition) is 5. The highest BCUT2D eigenvalue weighted by Gasteiger charge is 2.15. The lowest BCUT2D eigenvalue weighted by Crippen LogP contribution is -1.92. The first-order valence-electron chi connectivity index (χ1n) is 7.01. The van der Waals surface area contributed by atoms with Crippen LogP contribution in [0.4, 0.5) is 11.4 Å². The van der Waals surface area contributed by atoms with Crippen molar-refractivity contribution in [2.75, 3.05) is 7.11 Å². The Bertz CT molecular complexity index is 1030. The van der Waals surface area contributed by atoms with Crippen LogP contribution in [-0.4, -0.2) is 15.5 Å². The summed E-state index contributed by atoms with van der Waals surface area (Å²) in [7, 11) is 3.20. The van der Waals surface area contributed by atoms with Gasteiger partial charge in [0.25, 0.3) is 9.05 Å². The lowest BCUT2D eigenvalue weighted by molar-refractivity contribution is 0.416. The van der Waals surface area contributed by atoms with Gasteiger partial charge in [-0.2, -0.15) is 5.11 Å². The first-order chi connectivity index (χ1) is 11.5. The highest BCUT2D eigenvalue weighted by Crippen LogP contribution is 2.33. The zero-order chi connectivity index (χ0) is 17.2. The van der Waals surface area contributed by atoms with Gasteiger partial charge in [-0.3, -0.25) is 0 Å². The summed E-state index contributed by atoms with van der Waals surface area (Å²) in [5.41, 5.74) is 0.933. The Morgan fingerprint density at radius 1 is 0.958 bits per heavy atom. The first kappa shape index (κ1) is 16.4. The second kappa shape index (κ2) is 6.59. The zero-order valence-corrected chi connectivity index (χ0v) is 14.3. The topological polar surface area (TPSA) is 68.1 Å². The Kier molecular flexibility index (Phi) is 4.51. The maximum absolute atomic E-state index is 11.8. The summed E-state index contributed by atoms with van der Waals surface area (Å²) in [4.78, 5) is 0.0104. The van der Waals surface area contributed by atoms with Crippen LogP contribution in [0.1, 0.15) is 0 Å². The van der Waals surface area contributed by atoms with Gasteiger partial charge in [0, 0.05) is 16.1 Å². The molecular weight excluding hydrogens is 348 g/mol. The molecule has 0 radical (unpaired) electrons. The number of nitrogens with zero attached hydrogens (tertiary/aromatic N) is 2. The molecule has 0 unspecified atom stereocenters. The Morgan fingerprint density at radius 3 is 2.42 bits per heavy atom. The molecule has 0 bridgehead atoms. The highest BCUT2D eigenvalue weighted by molar-refractivity contribution is 8.14. The minimum absolute atomic E-state index is 0.0104. The number of azo groups is 1. The number of methoxy groups -OCH3 is 1. The van der Waals surface area contributed by atoms with Crippen molar-refractivity contribution in [3.8, 4) is 5.75 Å². The summed E-state index contributed by atoms with van der Waals surface area (Å²) in [5.74, 6) is 0.576. The van der Waals surface area contributed by atoms with Gasteiger partial charge >= 0.3 is 0 Å². The van der Waals surface area contributed by atoms with E-state index in [9.17, 15) is 8.42 Å². The number of benzene rings is 3. The van der Waals surface area contributed by atoms with Crippen LogP contribution in [0.15, 0.2) is 75.8 Å². The van der Waals surface area contributed by atoms with E-state index in [-0.39, 0.29) is 4.90 Å². The van der Waals surface area contributed by atoms with Crippen LogP contribution in [0.5, 0.6) is 5.75 Å². The van der Waals surface area contributed by atoms with E-state index in [1.807, 2.05) is 18.2 Å². The number of fused-ring (bicyclic) bond motifs is 1. The minimum Gasteiger partial charge on any atom is -0.494 e. The Morgan fingerprint density at radius 2 is 1.67 bits per heavy atom. The molecule has 5 nitrogen and oxygen atoms in total. The van der Waals surface area contributed by atoms with E-state index in [2.05, 4.69) is 10.2 Å². The van der Waals surface area contributed by atoms with Gasteiger partial charge in [0.05, 0.1) is 17.7 Å². The minimum atomic E-state index is -3.90. The summed E-state index contributed by atoms with van der Waals surface area (Å²) >= 11 is 0. The average molecular weight is 361 g/mol. The number of rotatable bonds is 4. The highest BCUT2D eigenvalue weighted by atomic mass is 35.7. The molecule has 0 atom stereocenters. The van der Waals surface area contributed by atoms with Crippen molar-refractivity contribution in [1.82, 2.24) is 0 Å². The lowest BCUT2D eigenvalue weighted by Gasteiger charge is -2.05. The van der Waals surface area contributed by atoms with Crippen molar-refractivity contribution in [2.45, 2.75) is 4.90 Å². The fraction of sp³-hybridized carbons (Fsp3) is 0.0588. The molecule has 0 saturated heterocycles. The predicted molar refractivity (Wildman–Crippen MR) is 94.2 cm³/mol. The SMILES string of the molecule is COc1ccccc1N=Nc1cc(S(=O)(=O)Cl)c2ccccc2c1. The van der Waals surface area contributed by atoms with Gasteiger partial charge in [0.15, 0.2) is 0 Å². The molecular formula is C17H13ClN2O3S. The van der Waals surface area contributed by atoms with E-state index >= 15 is 0 Å². The molecule has 0 aromatic heterocycles. The largest absolute Gasteiger partial charge is 0.494 e. The average Bonchev–Trinajstić information content (AvgIpc) is 2.58. The van der Waals surface area contributed by atoms with Crippen LogP contribution in [0.25, 0.3) is 10.8 Å². The monoisotopic (exact) mass is 360 g/mol. The third-order valence-corrected chi connectivity index (χ3v) is 4.79. The molecule has 0 spiro atoms. The van der Waals surface area contributed by atoms with Crippen LogP contribution in [0, 0.1) is 0 Å². The van der Waals surface area contributed by atoms with Crippen LogP contribution in [-0.2, 0) is 9.05 Å². The molecule has 0 aliphatic heterocycles. The van der Waals surface area contributed by atoms with Gasteiger partial charge in [-0.1, -0.05) is 36.4 Å². The Balaban J connectivity index is 2.12. The van der Waals surface area contributed by atoms with Gasteiger partial charge in [-0.25, -0.2) is 8.42 Å². The van der Waals surface area contributed by atoms with Crippen LogP contribution in [0.3, 0.4) is 0 Å². The summed E-state index contributed by atoms with van der Waals surface area (Å²) in [5, 5.41) is 9.53. The molecule has 0 aliphatic carbocycles. The number of hydrogen-bond donors (Lipinski definition) is 0. The summed E-state index contributed by atoms with van der Waals surface area (Å²) < 4.78 is 28.9. The van der Waals surface area contributed by atoms with E-state index in [4.69, 9.17) is 15.4 Å².